The zero-order chi connectivity index (χ0) is 11.4. The number of primary amides is 1. The number of carbonyl (C=O) groups excluding carboxylic acids is 1. The minimum atomic E-state index is -0.352. The maximum atomic E-state index is 11.1. The fraction of sp³-hybridized carbons (Fsp3) is 0.583. The van der Waals surface area contributed by atoms with E-state index in [1.165, 1.54) is 0 Å². The molecule has 0 spiro atoms. The molecule has 0 aromatic heterocycles. The average molecular weight is 208 g/mol. The molecule has 0 aromatic rings. The summed E-state index contributed by atoms with van der Waals surface area (Å²) in [5.74, 6) is 0.227. The van der Waals surface area contributed by atoms with Crippen LogP contribution in [-0.2, 0) is 4.79 Å². The first-order valence-corrected chi connectivity index (χ1v) is 5.50. The molecule has 1 amide bonds. The Bertz CT molecular complexity index is 292. The highest BCUT2D eigenvalue weighted by atomic mass is 16.1. The molecule has 1 rings (SSSR count). The van der Waals surface area contributed by atoms with E-state index in [2.05, 4.69) is 31.7 Å². The maximum absolute atomic E-state index is 11.1. The first-order chi connectivity index (χ1) is 7.04. The molecule has 0 radical (unpaired) electrons. The van der Waals surface area contributed by atoms with Gasteiger partial charge in [-0.25, -0.2) is 0 Å². The molecule has 0 aromatic carbocycles. The molecule has 3 heteroatoms. The van der Waals surface area contributed by atoms with Crippen LogP contribution in [0.5, 0.6) is 0 Å². The van der Waals surface area contributed by atoms with Gasteiger partial charge in [-0.05, 0) is 18.4 Å². The Morgan fingerprint density at radius 1 is 1.60 bits per heavy atom. The van der Waals surface area contributed by atoms with E-state index in [1.807, 2.05) is 12.3 Å². The molecular weight excluding hydrogens is 188 g/mol. The number of carbonyl (C=O) groups is 1. The van der Waals surface area contributed by atoms with Gasteiger partial charge in [-0.15, -0.1) is 0 Å². The number of hydrogen-bond acceptors (Lipinski definition) is 2. The molecule has 0 aliphatic carbocycles. The Balaban J connectivity index is 2.79. The Kier molecular flexibility index (Phi) is 3.95. The van der Waals surface area contributed by atoms with Gasteiger partial charge in [0.05, 0.1) is 5.57 Å². The Morgan fingerprint density at radius 3 is 2.73 bits per heavy atom. The van der Waals surface area contributed by atoms with E-state index in [1.54, 1.807) is 0 Å². The lowest BCUT2D eigenvalue weighted by atomic mass is 10.0. The van der Waals surface area contributed by atoms with Crippen molar-refractivity contribution in [2.75, 3.05) is 6.54 Å². The average Bonchev–Trinajstić information content (AvgIpc) is 2.16. The maximum Gasteiger partial charge on any atom is 0.250 e. The third-order valence-electron chi connectivity index (χ3n) is 2.51. The summed E-state index contributed by atoms with van der Waals surface area (Å²) in [5.41, 5.74) is 5.86. The highest BCUT2D eigenvalue weighted by Crippen LogP contribution is 2.17. The molecule has 1 aliphatic heterocycles. The van der Waals surface area contributed by atoms with Gasteiger partial charge in [0, 0.05) is 18.8 Å². The first kappa shape index (κ1) is 11.8. The zero-order valence-corrected chi connectivity index (χ0v) is 9.73. The highest BCUT2D eigenvalue weighted by Gasteiger charge is 2.17. The summed E-state index contributed by atoms with van der Waals surface area (Å²) >= 11 is 0. The van der Waals surface area contributed by atoms with Crippen LogP contribution >= 0.6 is 0 Å². The van der Waals surface area contributed by atoms with Gasteiger partial charge in [-0.2, -0.15) is 0 Å². The van der Waals surface area contributed by atoms with Crippen molar-refractivity contribution >= 4 is 5.91 Å². The van der Waals surface area contributed by atoms with E-state index in [9.17, 15) is 4.79 Å². The molecule has 15 heavy (non-hydrogen) atoms. The van der Waals surface area contributed by atoms with Gasteiger partial charge in [0.2, 0.25) is 5.91 Å². The van der Waals surface area contributed by atoms with Gasteiger partial charge in [0.15, 0.2) is 0 Å². The predicted octanol–water partition coefficient (Wildman–Crippen LogP) is 1.66. The quantitative estimate of drug-likeness (QED) is 0.763. The zero-order valence-electron chi connectivity index (χ0n) is 9.73. The third-order valence-corrected chi connectivity index (χ3v) is 2.51. The number of nitrogens with two attached hydrogens (primary N) is 1. The number of hydrogen-bond donors (Lipinski definition) is 1. The molecule has 1 unspecified atom stereocenters. The van der Waals surface area contributed by atoms with Crippen molar-refractivity contribution in [3.8, 4) is 0 Å². The lowest BCUT2D eigenvalue weighted by molar-refractivity contribution is -0.114. The molecule has 0 fully saturated rings. The summed E-state index contributed by atoms with van der Waals surface area (Å²) in [6.45, 7) is 7.44. The standard InChI is InChI=1S/C12H20N2O/c1-4-11-6-5-10(12(13)15)8-14(11)7-9(2)3/h5-6,8-9,11H,4,7H2,1-3H3,(H2,13,15). The van der Waals surface area contributed by atoms with Crippen LogP contribution in [0.25, 0.3) is 0 Å². The summed E-state index contributed by atoms with van der Waals surface area (Å²) in [4.78, 5) is 13.3. The Morgan fingerprint density at radius 2 is 2.27 bits per heavy atom. The monoisotopic (exact) mass is 208 g/mol. The van der Waals surface area contributed by atoms with E-state index in [0.717, 1.165) is 13.0 Å². The van der Waals surface area contributed by atoms with E-state index >= 15 is 0 Å². The van der Waals surface area contributed by atoms with Gasteiger partial charge in [0.25, 0.3) is 0 Å². The minimum absolute atomic E-state index is 0.352. The molecule has 84 valence electrons. The molecule has 0 bridgehead atoms. The minimum Gasteiger partial charge on any atom is -0.370 e. The number of nitrogens with zero attached hydrogens (tertiary/aromatic N) is 1. The van der Waals surface area contributed by atoms with Crippen LogP contribution in [0, 0.1) is 5.92 Å². The second kappa shape index (κ2) is 5.01. The summed E-state index contributed by atoms with van der Waals surface area (Å²) in [6.07, 6.45) is 6.82. The van der Waals surface area contributed by atoms with E-state index in [0.29, 0.717) is 17.5 Å². The molecule has 0 saturated carbocycles. The predicted molar refractivity (Wildman–Crippen MR) is 62.0 cm³/mol. The van der Waals surface area contributed by atoms with Crippen LogP contribution < -0.4 is 5.73 Å². The molecule has 1 aliphatic rings. The topological polar surface area (TPSA) is 46.3 Å². The van der Waals surface area contributed by atoms with Crippen molar-refractivity contribution in [3.63, 3.8) is 0 Å². The largest absolute Gasteiger partial charge is 0.370 e. The van der Waals surface area contributed by atoms with Crippen LogP contribution in [0.15, 0.2) is 23.9 Å². The molecule has 2 N–H and O–H groups in total. The second-order valence-electron chi connectivity index (χ2n) is 4.37. The summed E-state index contributed by atoms with van der Waals surface area (Å²) in [5, 5.41) is 0. The first-order valence-electron chi connectivity index (χ1n) is 5.50. The van der Waals surface area contributed by atoms with Crippen molar-refractivity contribution in [2.24, 2.45) is 11.7 Å². The van der Waals surface area contributed by atoms with E-state index < -0.39 is 0 Å². The van der Waals surface area contributed by atoms with Crippen LogP contribution in [-0.4, -0.2) is 23.4 Å². The fourth-order valence-electron chi connectivity index (χ4n) is 1.77. The lowest BCUT2D eigenvalue weighted by Crippen LogP contribution is -2.35. The van der Waals surface area contributed by atoms with Crippen molar-refractivity contribution in [3.05, 3.63) is 23.9 Å². The van der Waals surface area contributed by atoms with Crippen molar-refractivity contribution in [1.29, 1.82) is 0 Å². The van der Waals surface area contributed by atoms with Gasteiger partial charge in [-0.3, -0.25) is 4.79 Å². The van der Waals surface area contributed by atoms with Crippen LogP contribution in [0.4, 0.5) is 0 Å². The third kappa shape index (κ3) is 3.11. The molecule has 1 atom stereocenters. The SMILES string of the molecule is CCC1C=CC(C(N)=O)=CN1CC(C)C. The van der Waals surface area contributed by atoms with Gasteiger partial charge >= 0.3 is 0 Å². The summed E-state index contributed by atoms with van der Waals surface area (Å²) in [7, 11) is 0. The van der Waals surface area contributed by atoms with Crippen LogP contribution in [0.2, 0.25) is 0 Å². The number of amides is 1. The van der Waals surface area contributed by atoms with Crippen LogP contribution in [0.1, 0.15) is 27.2 Å². The van der Waals surface area contributed by atoms with Crippen molar-refractivity contribution in [2.45, 2.75) is 33.2 Å². The van der Waals surface area contributed by atoms with Gasteiger partial charge in [0.1, 0.15) is 0 Å². The van der Waals surface area contributed by atoms with E-state index in [4.69, 9.17) is 5.73 Å². The fourth-order valence-corrected chi connectivity index (χ4v) is 1.77. The second-order valence-corrected chi connectivity index (χ2v) is 4.37. The normalized spacial score (nSPS) is 20.7. The molecule has 1 heterocycles. The Labute approximate surface area is 91.6 Å². The van der Waals surface area contributed by atoms with Gasteiger partial charge in [-0.1, -0.05) is 26.8 Å². The number of rotatable bonds is 4. The van der Waals surface area contributed by atoms with Crippen LogP contribution in [0.3, 0.4) is 0 Å². The molecule has 3 nitrogen and oxygen atoms in total. The summed E-state index contributed by atoms with van der Waals surface area (Å²) < 4.78 is 0. The lowest BCUT2D eigenvalue weighted by Gasteiger charge is -2.32. The van der Waals surface area contributed by atoms with Gasteiger partial charge < -0.3 is 10.6 Å². The molecular formula is C12H20N2O. The Hall–Kier alpha value is -1.25. The summed E-state index contributed by atoms with van der Waals surface area (Å²) in [6, 6.07) is 0.399. The molecule has 0 saturated heterocycles. The van der Waals surface area contributed by atoms with Crippen molar-refractivity contribution < 1.29 is 4.79 Å². The smallest absolute Gasteiger partial charge is 0.250 e. The van der Waals surface area contributed by atoms with Crippen molar-refractivity contribution in [1.82, 2.24) is 4.90 Å². The highest BCUT2D eigenvalue weighted by molar-refractivity contribution is 5.94. The van der Waals surface area contributed by atoms with E-state index in [-0.39, 0.29) is 5.91 Å².